The molecule has 2 rings (SSSR count). The van der Waals surface area contributed by atoms with Gasteiger partial charge in [0.15, 0.2) is 10.9 Å². The molecule has 0 aliphatic heterocycles. The maximum absolute atomic E-state index is 11.8. The van der Waals surface area contributed by atoms with Crippen LogP contribution in [0.15, 0.2) is 47.1 Å². The number of unbranched alkanes of at least 4 members (excludes halogenated alkanes) is 1. The van der Waals surface area contributed by atoms with Crippen molar-refractivity contribution in [3.05, 3.63) is 54.0 Å². The van der Waals surface area contributed by atoms with E-state index in [-0.39, 0.29) is 16.8 Å². The molecule has 0 atom stereocenters. The van der Waals surface area contributed by atoms with Crippen molar-refractivity contribution in [2.45, 2.75) is 19.8 Å². The molecule has 1 heterocycles. The number of amides is 1. The van der Waals surface area contributed by atoms with E-state index in [1.165, 1.54) is 12.3 Å². The van der Waals surface area contributed by atoms with E-state index in [0.29, 0.717) is 17.9 Å². The maximum atomic E-state index is 11.8. The molecule has 0 aliphatic rings. The number of furan rings is 1. The van der Waals surface area contributed by atoms with Gasteiger partial charge in [0.2, 0.25) is 0 Å². The highest BCUT2D eigenvalue weighted by molar-refractivity contribution is 7.80. The van der Waals surface area contributed by atoms with Gasteiger partial charge in [-0.25, -0.2) is 4.79 Å². The van der Waals surface area contributed by atoms with Gasteiger partial charge in [0.25, 0.3) is 5.91 Å². The first-order chi connectivity index (χ1) is 11.6. The number of ether oxygens (including phenoxy) is 1. The molecule has 2 N–H and O–H groups in total. The summed E-state index contributed by atoms with van der Waals surface area (Å²) in [7, 11) is 0. The first kappa shape index (κ1) is 17.7. The highest BCUT2D eigenvalue weighted by Gasteiger charge is 2.11. The third kappa shape index (κ3) is 5.20. The van der Waals surface area contributed by atoms with Gasteiger partial charge in [-0.3, -0.25) is 10.1 Å². The highest BCUT2D eigenvalue weighted by atomic mass is 32.1. The van der Waals surface area contributed by atoms with E-state index >= 15 is 0 Å². The molecule has 0 spiro atoms. The lowest BCUT2D eigenvalue weighted by Gasteiger charge is -2.09. The molecule has 0 radical (unpaired) electrons. The van der Waals surface area contributed by atoms with E-state index < -0.39 is 5.91 Å². The summed E-state index contributed by atoms with van der Waals surface area (Å²) in [5.41, 5.74) is 1.10. The number of anilines is 1. The van der Waals surface area contributed by atoms with E-state index in [1.807, 2.05) is 6.92 Å². The SMILES string of the molecule is CCCCOC(=O)c1ccc(NC(=S)NC(=O)c2ccco2)cc1. The van der Waals surface area contributed by atoms with Crippen molar-refractivity contribution in [3.8, 4) is 0 Å². The number of rotatable bonds is 6. The van der Waals surface area contributed by atoms with Crippen LogP contribution in [0.4, 0.5) is 5.69 Å². The van der Waals surface area contributed by atoms with Crippen molar-refractivity contribution < 1.29 is 18.7 Å². The first-order valence-corrected chi connectivity index (χ1v) is 7.94. The Balaban J connectivity index is 1.85. The molecule has 2 aromatic rings. The largest absolute Gasteiger partial charge is 0.462 e. The minimum atomic E-state index is -0.436. The fourth-order valence-electron chi connectivity index (χ4n) is 1.82. The Kier molecular flexibility index (Phi) is 6.51. The first-order valence-electron chi connectivity index (χ1n) is 7.53. The van der Waals surface area contributed by atoms with Crippen LogP contribution in [-0.4, -0.2) is 23.6 Å². The van der Waals surface area contributed by atoms with Crippen molar-refractivity contribution in [1.29, 1.82) is 0 Å². The molecular formula is C17H18N2O4S. The Morgan fingerprint density at radius 1 is 1.21 bits per heavy atom. The smallest absolute Gasteiger partial charge is 0.338 e. The highest BCUT2D eigenvalue weighted by Crippen LogP contribution is 2.11. The van der Waals surface area contributed by atoms with Gasteiger partial charge in [0.1, 0.15) is 0 Å². The van der Waals surface area contributed by atoms with Crippen LogP contribution >= 0.6 is 12.2 Å². The second-order valence-electron chi connectivity index (χ2n) is 4.95. The second-order valence-corrected chi connectivity index (χ2v) is 5.36. The predicted molar refractivity (Wildman–Crippen MR) is 94.0 cm³/mol. The third-order valence-corrected chi connectivity index (χ3v) is 3.29. The molecule has 0 bridgehead atoms. The van der Waals surface area contributed by atoms with Crippen LogP contribution in [0, 0.1) is 0 Å². The predicted octanol–water partition coefficient (Wildman–Crippen LogP) is 3.36. The molecule has 1 aromatic heterocycles. The van der Waals surface area contributed by atoms with Crippen molar-refractivity contribution >= 4 is 34.9 Å². The number of benzene rings is 1. The Labute approximate surface area is 145 Å². The normalized spacial score (nSPS) is 10.0. The van der Waals surface area contributed by atoms with Gasteiger partial charge in [0.05, 0.1) is 18.4 Å². The molecule has 0 saturated carbocycles. The molecule has 24 heavy (non-hydrogen) atoms. The fourth-order valence-corrected chi connectivity index (χ4v) is 2.03. The molecular weight excluding hydrogens is 328 g/mol. The number of esters is 1. The van der Waals surface area contributed by atoms with Crippen LogP contribution in [-0.2, 0) is 4.74 Å². The summed E-state index contributed by atoms with van der Waals surface area (Å²) in [5.74, 6) is -0.623. The van der Waals surface area contributed by atoms with Crippen molar-refractivity contribution in [2.75, 3.05) is 11.9 Å². The molecule has 0 aliphatic carbocycles. The average Bonchev–Trinajstić information content (AvgIpc) is 3.10. The number of carbonyl (C=O) groups is 2. The van der Waals surface area contributed by atoms with Crippen molar-refractivity contribution in [3.63, 3.8) is 0 Å². The number of hydrogen-bond donors (Lipinski definition) is 2. The van der Waals surface area contributed by atoms with Crippen LogP contribution in [0.25, 0.3) is 0 Å². The number of thiocarbonyl (C=S) groups is 1. The van der Waals surface area contributed by atoms with Gasteiger partial charge in [-0.15, -0.1) is 0 Å². The van der Waals surface area contributed by atoms with Gasteiger partial charge < -0.3 is 14.5 Å². The van der Waals surface area contributed by atoms with Crippen LogP contribution in [0.2, 0.25) is 0 Å². The van der Waals surface area contributed by atoms with E-state index in [1.54, 1.807) is 30.3 Å². The lowest BCUT2D eigenvalue weighted by molar-refractivity contribution is 0.0499. The summed E-state index contributed by atoms with van der Waals surface area (Å²) in [6.45, 7) is 2.44. The Morgan fingerprint density at radius 3 is 2.58 bits per heavy atom. The molecule has 7 heteroatoms. The Bertz CT molecular complexity index is 696. The van der Waals surface area contributed by atoms with Gasteiger partial charge in [-0.1, -0.05) is 13.3 Å². The summed E-state index contributed by atoms with van der Waals surface area (Å²) in [4.78, 5) is 23.6. The van der Waals surface area contributed by atoms with Crippen molar-refractivity contribution in [1.82, 2.24) is 5.32 Å². The maximum Gasteiger partial charge on any atom is 0.338 e. The van der Waals surface area contributed by atoms with E-state index in [0.717, 1.165) is 12.8 Å². The number of hydrogen-bond acceptors (Lipinski definition) is 5. The molecule has 1 amide bonds. The number of carbonyl (C=O) groups excluding carboxylic acids is 2. The molecule has 0 saturated heterocycles. The van der Waals surface area contributed by atoms with Crippen molar-refractivity contribution in [2.24, 2.45) is 0 Å². The monoisotopic (exact) mass is 346 g/mol. The number of nitrogens with one attached hydrogen (secondary N) is 2. The van der Waals surface area contributed by atoms with Crippen LogP contribution in [0.5, 0.6) is 0 Å². The molecule has 1 aromatic carbocycles. The quantitative estimate of drug-likeness (QED) is 0.474. The summed E-state index contributed by atoms with van der Waals surface area (Å²) in [6.07, 6.45) is 3.22. The van der Waals surface area contributed by atoms with Gasteiger partial charge in [0, 0.05) is 5.69 Å². The zero-order chi connectivity index (χ0) is 17.4. The van der Waals surface area contributed by atoms with Gasteiger partial charge in [-0.05, 0) is 55.0 Å². The zero-order valence-electron chi connectivity index (χ0n) is 13.2. The standard InChI is InChI=1S/C17H18N2O4S/c1-2-3-10-23-16(21)12-6-8-13(9-7-12)18-17(24)19-15(20)14-5-4-11-22-14/h4-9,11H,2-3,10H2,1H3,(H2,18,19,20,24). The molecule has 6 nitrogen and oxygen atoms in total. The summed E-state index contributed by atoms with van der Waals surface area (Å²) < 4.78 is 10.1. The summed E-state index contributed by atoms with van der Waals surface area (Å²) >= 11 is 5.06. The lowest BCUT2D eigenvalue weighted by atomic mass is 10.2. The third-order valence-electron chi connectivity index (χ3n) is 3.08. The summed E-state index contributed by atoms with van der Waals surface area (Å²) in [5, 5.41) is 5.49. The minimum Gasteiger partial charge on any atom is -0.462 e. The van der Waals surface area contributed by atoms with E-state index in [9.17, 15) is 9.59 Å². The topological polar surface area (TPSA) is 80.6 Å². The molecule has 0 unspecified atom stereocenters. The minimum absolute atomic E-state index is 0.134. The van der Waals surface area contributed by atoms with Crippen LogP contribution in [0.3, 0.4) is 0 Å². The van der Waals surface area contributed by atoms with Crippen LogP contribution in [0.1, 0.15) is 40.7 Å². The summed E-state index contributed by atoms with van der Waals surface area (Å²) in [6, 6.07) is 9.78. The zero-order valence-corrected chi connectivity index (χ0v) is 14.0. The molecule has 126 valence electrons. The Hall–Kier alpha value is -2.67. The molecule has 0 fully saturated rings. The van der Waals surface area contributed by atoms with Gasteiger partial charge >= 0.3 is 5.97 Å². The van der Waals surface area contributed by atoms with E-state index in [2.05, 4.69) is 10.6 Å². The lowest BCUT2D eigenvalue weighted by Crippen LogP contribution is -2.33. The fraction of sp³-hybridized carbons (Fsp3) is 0.235. The van der Waals surface area contributed by atoms with Gasteiger partial charge in [-0.2, -0.15) is 0 Å². The van der Waals surface area contributed by atoms with Crippen LogP contribution < -0.4 is 10.6 Å². The Morgan fingerprint density at radius 2 is 1.96 bits per heavy atom. The average molecular weight is 346 g/mol. The van der Waals surface area contributed by atoms with E-state index in [4.69, 9.17) is 21.4 Å². The second kappa shape index (κ2) is 8.83.